The summed E-state index contributed by atoms with van der Waals surface area (Å²) in [6, 6.07) is 6.03. The largest absolute Gasteiger partial charge is 0.376 e. The smallest absolute Gasteiger partial charge is 0.0743 e. The summed E-state index contributed by atoms with van der Waals surface area (Å²) in [7, 11) is 0. The summed E-state index contributed by atoms with van der Waals surface area (Å²) in [5.74, 6) is 0. The van der Waals surface area contributed by atoms with E-state index in [2.05, 4.69) is 29.8 Å². The molecule has 4 nitrogen and oxygen atoms in total. The van der Waals surface area contributed by atoms with Crippen LogP contribution in [-0.2, 0) is 11.3 Å². The van der Waals surface area contributed by atoms with E-state index in [0.29, 0.717) is 6.54 Å². The number of aromatic nitrogens is 1. The van der Waals surface area contributed by atoms with Crippen LogP contribution in [0.1, 0.15) is 26.0 Å². The number of likely N-dealkylation sites (N-methyl/N-ethyl adjacent to an activating group) is 1. The lowest BCUT2D eigenvalue weighted by Gasteiger charge is -2.42. The second kappa shape index (κ2) is 5.78. The van der Waals surface area contributed by atoms with Gasteiger partial charge in [-0.3, -0.25) is 9.88 Å². The summed E-state index contributed by atoms with van der Waals surface area (Å²) in [5.41, 5.74) is 7.10. The van der Waals surface area contributed by atoms with Crippen LogP contribution >= 0.6 is 0 Å². The Bertz CT molecular complexity index is 371. The average Bonchev–Trinajstić information content (AvgIpc) is 2.79. The minimum absolute atomic E-state index is 0.0354. The van der Waals surface area contributed by atoms with Crippen LogP contribution < -0.4 is 5.73 Å². The van der Waals surface area contributed by atoms with Crippen LogP contribution in [0, 0.1) is 0 Å². The highest BCUT2D eigenvalue weighted by molar-refractivity contribution is 5.07. The molecule has 1 aliphatic rings. The summed E-state index contributed by atoms with van der Waals surface area (Å²) in [6.45, 7) is 7.53. The minimum Gasteiger partial charge on any atom is -0.376 e. The number of hydrogen-bond acceptors (Lipinski definition) is 4. The second-order valence-corrected chi connectivity index (χ2v) is 4.91. The van der Waals surface area contributed by atoms with Gasteiger partial charge in [0.25, 0.3) is 0 Å². The maximum Gasteiger partial charge on any atom is 0.0743 e. The molecule has 1 aliphatic heterocycles. The molecule has 2 atom stereocenters. The van der Waals surface area contributed by atoms with Crippen LogP contribution in [0.3, 0.4) is 0 Å². The first-order valence-electron chi connectivity index (χ1n) is 6.69. The van der Waals surface area contributed by atoms with Crippen molar-refractivity contribution < 1.29 is 4.74 Å². The van der Waals surface area contributed by atoms with Gasteiger partial charge in [0.05, 0.1) is 17.3 Å². The molecule has 2 rings (SSSR count). The molecular formula is C14H23N3O. The Morgan fingerprint density at radius 1 is 1.56 bits per heavy atom. The van der Waals surface area contributed by atoms with Gasteiger partial charge < -0.3 is 10.5 Å². The Morgan fingerprint density at radius 2 is 2.39 bits per heavy atom. The van der Waals surface area contributed by atoms with Crippen molar-refractivity contribution in [3.05, 3.63) is 30.1 Å². The zero-order valence-electron chi connectivity index (χ0n) is 11.3. The summed E-state index contributed by atoms with van der Waals surface area (Å²) in [4.78, 5) is 6.81. The van der Waals surface area contributed by atoms with Crippen LogP contribution in [0.25, 0.3) is 0 Å². The highest BCUT2D eigenvalue weighted by Gasteiger charge is 2.44. The third-order valence-electron chi connectivity index (χ3n) is 4.10. The quantitative estimate of drug-likeness (QED) is 0.857. The van der Waals surface area contributed by atoms with Crippen molar-refractivity contribution in [2.24, 2.45) is 5.73 Å². The Morgan fingerprint density at radius 3 is 2.89 bits per heavy atom. The van der Waals surface area contributed by atoms with Gasteiger partial charge in [0.15, 0.2) is 0 Å². The van der Waals surface area contributed by atoms with E-state index in [1.54, 1.807) is 0 Å². The molecule has 0 radical (unpaired) electrons. The molecule has 0 bridgehead atoms. The van der Waals surface area contributed by atoms with Gasteiger partial charge >= 0.3 is 0 Å². The van der Waals surface area contributed by atoms with Crippen molar-refractivity contribution in [2.75, 3.05) is 19.7 Å². The predicted molar refractivity (Wildman–Crippen MR) is 72.1 cm³/mol. The highest BCUT2D eigenvalue weighted by atomic mass is 16.5. The molecule has 2 heterocycles. The summed E-state index contributed by atoms with van der Waals surface area (Å²) in [6.07, 6.45) is 3.03. The molecule has 1 aromatic heterocycles. The predicted octanol–water partition coefficient (Wildman–Crippen LogP) is 1.41. The Balaban J connectivity index is 2.17. The molecule has 100 valence electrons. The Kier molecular flexibility index (Phi) is 4.32. The lowest BCUT2D eigenvalue weighted by Crippen LogP contribution is -2.57. The molecule has 1 saturated heterocycles. The summed E-state index contributed by atoms with van der Waals surface area (Å²) < 4.78 is 5.74. The number of nitrogens with zero attached hydrogens (tertiary/aromatic N) is 2. The Hall–Kier alpha value is -0.970. The van der Waals surface area contributed by atoms with Crippen molar-refractivity contribution in [3.63, 3.8) is 0 Å². The Labute approximate surface area is 109 Å². The molecular weight excluding hydrogens is 226 g/mol. The molecule has 18 heavy (non-hydrogen) atoms. The van der Waals surface area contributed by atoms with Crippen molar-refractivity contribution in [3.8, 4) is 0 Å². The molecule has 0 amide bonds. The first kappa shape index (κ1) is 13.5. The van der Waals surface area contributed by atoms with Crippen LogP contribution in [0.15, 0.2) is 24.4 Å². The van der Waals surface area contributed by atoms with E-state index in [4.69, 9.17) is 10.5 Å². The van der Waals surface area contributed by atoms with E-state index in [1.807, 2.05) is 18.3 Å². The minimum atomic E-state index is -0.0354. The third kappa shape index (κ3) is 2.41. The molecule has 0 aliphatic carbocycles. The van der Waals surface area contributed by atoms with Crippen molar-refractivity contribution in [2.45, 2.75) is 38.5 Å². The number of pyridine rings is 1. The van der Waals surface area contributed by atoms with Crippen molar-refractivity contribution in [1.29, 1.82) is 0 Å². The zero-order chi connectivity index (χ0) is 13.0. The van der Waals surface area contributed by atoms with Gasteiger partial charge in [-0.05, 0) is 32.0 Å². The maximum absolute atomic E-state index is 6.05. The fourth-order valence-electron chi connectivity index (χ4n) is 2.85. The van der Waals surface area contributed by atoms with Gasteiger partial charge in [-0.1, -0.05) is 13.0 Å². The van der Waals surface area contributed by atoms with Crippen molar-refractivity contribution >= 4 is 0 Å². The van der Waals surface area contributed by atoms with Gasteiger partial charge in [0.2, 0.25) is 0 Å². The summed E-state index contributed by atoms with van der Waals surface area (Å²) in [5, 5.41) is 0. The first-order valence-corrected chi connectivity index (χ1v) is 6.69. The first-order chi connectivity index (χ1) is 8.73. The SMILES string of the molecule is CCN(Cc1ccccn1)C1(CN)CCOC1C. The third-order valence-corrected chi connectivity index (χ3v) is 4.10. The highest BCUT2D eigenvalue weighted by Crippen LogP contribution is 2.32. The molecule has 1 aromatic rings. The topological polar surface area (TPSA) is 51.4 Å². The molecule has 0 aromatic carbocycles. The zero-order valence-corrected chi connectivity index (χ0v) is 11.3. The average molecular weight is 249 g/mol. The maximum atomic E-state index is 6.05. The van der Waals surface area contributed by atoms with E-state index >= 15 is 0 Å². The molecule has 2 N–H and O–H groups in total. The van der Waals surface area contributed by atoms with E-state index < -0.39 is 0 Å². The van der Waals surface area contributed by atoms with E-state index in [1.165, 1.54) is 0 Å². The van der Waals surface area contributed by atoms with Crippen molar-refractivity contribution in [1.82, 2.24) is 9.88 Å². The van der Waals surface area contributed by atoms with Crippen LogP contribution in [0.5, 0.6) is 0 Å². The van der Waals surface area contributed by atoms with Gasteiger partial charge in [0.1, 0.15) is 0 Å². The van der Waals surface area contributed by atoms with Crippen LogP contribution in [0.4, 0.5) is 0 Å². The number of hydrogen-bond donors (Lipinski definition) is 1. The second-order valence-electron chi connectivity index (χ2n) is 4.91. The van der Waals surface area contributed by atoms with Gasteiger partial charge in [-0.2, -0.15) is 0 Å². The molecule has 0 spiro atoms. The molecule has 1 fully saturated rings. The van der Waals surface area contributed by atoms with E-state index in [0.717, 1.165) is 31.8 Å². The van der Waals surface area contributed by atoms with Crippen LogP contribution in [-0.4, -0.2) is 41.2 Å². The molecule has 0 saturated carbocycles. The number of rotatable bonds is 5. The summed E-state index contributed by atoms with van der Waals surface area (Å²) >= 11 is 0. The lowest BCUT2D eigenvalue weighted by atomic mass is 9.89. The number of ether oxygens (including phenoxy) is 1. The fourth-order valence-corrected chi connectivity index (χ4v) is 2.85. The monoisotopic (exact) mass is 249 g/mol. The van der Waals surface area contributed by atoms with E-state index in [-0.39, 0.29) is 11.6 Å². The lowest BCUT2D eigenvalue weighted by molar-refractivity contribution is 0.0118. The fraction of sp³-hybridized carbons (Fsp3) is 0.643. The number of nitrogens with two attached hydrogens (primary N) is 1. The standard InChI is InChI=1S/C14H23N3O/c1-3-17(10-13-6-4-5-8-16-13)14(11-15)7-9-18-12(14)2/h4-6,8,12H,3,7,9-11,15H2,1-2H3. The molecule has 2 unspecified atom stereocenters. The molecule has 4 heteroatoms. The van der Waals surface area contributed by atoms with Gasteiger partial charge in [-0.15, -0.1) is 0 Å². The van der Waals surface area contributed by atoms with Gasteiger partial charge in [-0.25, -0.2) is 0 Å². The van der Waals surface area contributed by atoms with Gasteiger partial charge in [0, 0.05) is 25.9 Å². The normalized spacial score (nSPS) is 27.9. The van der Waals surface area contributed by atoms with Crippen LogP contribution in [0.2, 0.25) is 0 Å². The van der Waals surface area contributed by atoms with E-state index in [9.17, 15) is 0 Å².